The van der Waals surface area contributed by atoms with E-state index in [-0.39, 0.29) is 42.6 Å². The fourth-order valence-corrected chi connectivity index (χ4v) is 11.1. The van der Waals surface area contributed by atoms with E-state index in [2.05, 4.69) is 58.7 Å². The number of para-hydroxylation sites is 1. The van der Waals surface area contributed by atoms with Crippen molar-refractivity contribution in [2.24, 2.45) is 5.92 Å². The number of carbonyl (C=O) groups excluding carboxylic acids is 1. The molecule has 3 fully saturated rings. The van der Waals surface area contributed by atoms with Crippen LogP contribution in [0.4, 0.5) is 11.5 Å². The molecule has 0 bridgehead atoms. The van der Waals surface area contributed by atoms with Crippen molar-refractivity contribution in [3.8, 4) is 33.3 Å². The van der Waals surface area contributed by atoms with Crippen molar-refractivity contribution in [3.05, 3.63) is 83.2 Å². The molecule has 5 aromatic rings. The minimum Gasteiger partial charge on any atom is -0.507 e. The summed E-state index contributed by atoms with van der Waals surface area (Å²) >= 11 is 1.60. The number of nitrogens with one attached hydrogen (secondary N) is 2. The van der Waals surface area contributed by atoms with Gasteiger partial charge in [-0.1, -0.05) is 50.2 Å². The number of β-amino-alcohol motifs (C(OH)–C–C–N with tert-alkyl or cyclic N) is 1. The summed E-state index contributed by atoms with van der Waals surface area (Å²) in [7, 11) is 0. The molecular formula is C48H62N10O6S. The molecule has 0 aliphatic carbocycles. The Labute approximate surface area is 384 Å². The lowest BCUT2D eigenvalue weighted by Gasteiger charge is -2.51. The Kier molecular flexibility index (Phi) is 13.4. The number of anilines is 2. The summed E-state index contributed by atoms with van der Waals surface area (Å²) in [6, 6.07) is 19.2. The van der Waals surface area contributed by atoms with Gasteiger partial charge in [-0.3, -0.25) is 19.5 Å². The summed E-state index contributed by atoms with van der Waals surface area (Å²) in [5, 5.41) is 53.0. The average molecular weight is 907 g/mol. The monoisotopic (exact) mass is 906 g/mol. The molecule has 65 heavy (non-hydrogen) atoms. The molecule has 3 saturated heterocycles. The quantitative estimate of drug-likeness (QED) is 0.0941. The zero-order chi connectivity index (χ0) is 45.4. The molecule has 346 valence electrons. The molecule has 5 N–H and O–H groups in total. The predicted molar refractivity (Wildman–Crippen MR) is 250 cm³/mol. The number of phenols is 1. The van der Waals surface area contributed by atoms with Gasteiger partial charge in [0.05, 0.1) is 57.6 Å². The van der Waals surface area contributed by atoms with E-state index >= 15 is 0 Å². The second-order valence-electron chi connectivity index (χ2n) is 18.6. The minimum absolute atomic E-state index is 0.0678. The molecule has 4 aliphatic rings. The zero-order valence-corrected chi connectivity index (χ0v) is 38.7. The van der Waals surface area contributed by atoms with Gasteiger partial charge in [0.1, 0.15) is 24.3 Å². The number of carbonyl (C=O) groups is 1. The smallest absolute Gasteiger partial charge is 0.254 e. The summed E-state index contributed by atoms with van der Waals surface area (Å²) in [4.78, 5) is 28.5. The van der Waals surface area contributed by atoms with Gasteiger partial charge in [-0.25, -0.2) is 4.98 Å². The number of rotatable bonds is 14. The van der Waals surface area contributed by atoms with Crippen LogP contribution in [0, 0.1) is 12.8 Å². The average Bonchev–Trinajstić information content (AvgIpc) is 4.06. The summed E-state index contributed by atoms with van der Waals surface area (Å²) in [5.74, 6) is 1.000. The molecule has 7 atom stereocenters. The molecular weight excluding hydrogens is 845 g/mol. The molecule has 17 heteroatoms. The van der Waals surface area contributed by atoms with Crippen molar-refractivity contribution < 1.29 is 29.4 Å². The topological polar surface area (TPSA) is 189 Å². The molecule has 4 aliphatic heterocycles. The molecule has 0 spiro atoms. The Balaban J connectivity index is 0.747. The molecule has 7 heterocycles. The summed E-state index contributed by atoms with van der Waals surface area (Å²) < 4.78 is 11.9. The Morgan fingerprint density at radius 2 is 1.82 bits per heavy atom. The van der Waals surface area contributed by atoms with E-state index in [0.717, 1.165) is 85.3 Å². The second kappa shape index (κ2) is 19.4. The highest BCUT2D eigenvalue weighted by molar-refractivity contribution is 7.13. The van der Waals surface area contributed by atoms with Crippen molar-refractivity contribution in [2.75, 3.05) is 62.6 Å². The lowest BCUT2D eigenvalue weighted by atomic mass is 9.90. The number of hydrogen-bond acceptors (Lipinski definition) is 16. The maximum absolute atomic E-state index is 13.8. The number of piperidine rings is 1. The van der Waals surface area contributed by atoms with E-state index in [1.54, 1.807) is 28.4 Å². The molecule has 3 aromatic heterocycles. The van der Waals surface area contributed by atoms with Crippen molar-refractivity contribution in [2.45, 2.75) is 102 Å². The first-order chi connectivity index (χ1) is 31.4. The number of likely N-dealkylation sites (tertiary alicyclic amines) is 2. The number of thiazole rings is 1. The number of aryl methyl sites for hydroxylation is 1. The first-order valence-electron chi connectivity index (χ1n) is 23.1. The van der Waals surface area contributed by atoms with Crippen LogP contribution in [0.5, 0.6) is 11.6 Å². The van der Waals surface area contributed by atoms with Gasteiger partial charge in [0.15, 0.2) is 5.82 Å². The van der Waals surface area contributed by atoms with Gasteiger partial charge < -0.3 is 40.1 Å². The van der Waals surface area contributed by atoms with Crippen LogP contribution >= 0.6 is 11.3 Å². The van der Waals surface area contributed by atoms with Crippen LogP contribution in [-0.4, -0.2) is 145 Å². The van der Waals surface area contributed by atoms with E-state index < -0.39 is 24.3 Å². The Bertz CT molecular complexity index is 2400. The van der Waals surface area contributed by atoms with Gasteiger partial charge in [-0.2, -0.15) is 0 Å². The van der Waals surface area contributed by atoms with Crippen molar-refractivity contribution >= 4 is 28.7 Å². The number of amides is 1. The van der Waals surface area contributed by atoms with Crippen LogP contribution in [0.1, 0.15) is 75.9 Å². The third-order valence-corrected chi connectivity index (χ3v) is 15.0. The fourth-order valence-electron chi connectivity index (χ4n) is 10.3. The number of piperazine rings is 1. The highest BCUT2D eigenvalue weighted by atomic mass is 32.1. The van der Waals surface area contributed by atoms with Crippen LogP contribution in [0.3, 0.4) is 0 Å². The maximum Gasteiger partial charge on any atom is 0.254 e. The van der Waals surface area contributed by atoms with Gasteiger partial charge in [-0.15, -0.1) is 21.5 Å². The third kappa shape index (κ3) is 9.58. The number of nitrogens with zero attached hydrogens (tertiary/aromatic N) is 8. The first-order valence-corrected chi connectivity index (χ1v) is 24.0. The normalized spacial score (nSPS) is 23.4. The Morgan fingerprint density at radius 3 is 2.55 bits per heavy atom. The number of phenolic OH excluding ortho intramolecular Hbond substituents is 1. The molecule has 1 unspecified atom stereocenters. The Hall–Kier alpha value is -5.17. The summed E-state index contributed by atoms with van der Waals surface area (Å²) in [6.45, 7) is 16.3. The minimum atomic E-state index is -1.10. The highest BCUT2D eigenvalue weighted by Crippen LogP contribution is 2.39. The number of ether oxygens (including phenoxy) is 1. The molecule has 0 saturated carbocycles. The highest BCUT2D eigenvalue weighted by Gasteiger charge is 2.44. The van der Waals surface area contributed by atoms with Crippen molar-refractivity contribution in [1.29, 1.82) is 0 Å². The Morgan fingerprint density at radius 1 is 1.03 bits per heavy atom. The van der Waals surface area contributed by atoms with Crippen LogP contribution in [0.25, 0.3) is 21.7 Å². The lowest BCUT2D eigenvalue weighted by Crippen LogP contribution is -2.63. The maximum atomic E-state index is 13.8. The lowest BCUT2D eigenvalue weighted by molar-refractivity contribution is -0.131. The molecule has 0 radical (unpaired) electrons. The fraction of sp³-hybridized carbons (Fsp3) is 0.521. The largest absolute Gasteiger partial charge is 0.507 e. The second-order valence-corrected chi connectivity index (χ2v) is 19.4. The first kappa shape index (κ1) is 45.0. The number of aromatic hydroxyl groups is 1. The number of aromatic nitrogens is 4. The number of benzene rings is 2. The van der Waals surface area contributed by atoms with E-state index in [4.69, 9.17) is 9.26 Å². The van der Waals surface area contributed by atoms with Crippen molar-refractivity contribution in [1.82, 2.24) is 40.4 Å². The van der Waals surface area contributed by atoms with Gasteiger partial charge in [-0.05, 0) is 93.5 Å². The van der Waals surface area contributed by atoms with Crippen LogP contribution < -0.4 is 20.3 Å². The summed E-state index contributed by atoms with van der Waals surface area (Å²) in [6.07, 6.45) is 0.526. The van der Waals surface area contributed by atoms with Crippen LogP contribution in [0.15, 0.2) is 70.7 Å². The van der Waals surface area contributed by atoms with E-state index in [0.29, 0.717) is 41.6 Å². The number of fused-ring (bicyclic) bond motifs is 3. The van der Waals surface area contributed by atoms with Gasteiger partial charge in [0.2, 0.25) is 5.91 Å². The summed E-state index contributed by atoms with van der Waals surface area (Å²) in [5.41, 5.74) is 7.26. The zero-order valence-electron chi connectivity index (χ0n) is 37.9. The SMILES string of the molecule is Cc1ncsc1-c1ccc([C@H](C)NC(=O)[C@@H]2C[C@@H](O)CN2C(O)[C@@H](c2cc(OCCN3CCC(N4CCN5c6cc(-c7ccccc7O)nnc6N[C@H](C)[C@@H]5C4)CC3)no2)C(C)C)cc1. The van der Waals surface area contributed by atoms with Gasteiger partial charge >= 0.3 is 0 Å². The third-order valence-electron chi connectivity index (χ3n) is 14.0. The molecule has 9 rings (SSSR count). The van der Waals surface area contributed by atoms with E-state index in [1.165, 1.54) is 0 Å². The van der Waals surface area contributed by atoms with Gasteiger partial charge in [0.25, 0.3) is 5.88 Å². The molecule has 2 aromatic carbocycles. The van der Waals surface area contributed by atoms with Crippen LogP contribution in [0.2, 0.25) is 0 Å². The van der Waals surface area contributed by atoms with E-state index in [1.807, 2.05) is 75.7 Å². The van der Waals surface area contributed by atoms with Crippen molar-refractivity contribution in [3.63, 3.8) is 0 Å². The number of aliphatic hydroxyl groups is 2. The number of hydrogen-bond donors (Lipinski definition) is 5. The molecule has 16 nitrogen and oxygen atoms in total. The van der Waals surface area contributed by atoms with Crippen LogP contribution in [-0.2, 0) is 4.79 Å². The van der Waals surface area contributed by atoms with Gasteiger partial charge in [0, 0.05) is 56.4 Å². The standard InChI is InChI=1S/C48H62N10O6S/c1-28(2)44(48(62)58-25-35(59)22-39(58)47(61)51-29(3)32-10-12-33(13-11-32)45-31(5)49-27-65-45)42-24-43(54-64-42)63-21-20-55-16-14-34(15-17-55)56-18-19-57-38-23-37(36-8-6-7-9-41(36)60)52-53-46(38)50-30(4)40(57)26-56/h6-13,23-24,27-30,34-35,39-40,44,48,59-60,62H,14-22,25-26H2,1-5H3,(H,50,53)(H,51,61)/t29-,30+,35+,39-,40-,44+,48?/m0/s1. The predicted octanol–water partition coefficient (Wildman–Crippen LogP) is 5.49. The number of aliphatic hydroxyl groups excluding tert-OH is 2. The molecule has 1 amide bonds. The van der Waals surface area contributed by atoms with E-state index in [9.17, 15) is 20.1 Å².